The quantitative estimate of drug-likeness (QED) is 0.451. The van der Waals surface area contributed by atoms with Crippen molar-refractivity contribution < 1.29 is 9.53 Å². The van der Waals surface area contributed by atoms with Gasteiger partial charge in [-0.15, -0.1) is 0 Å². The van der Waals surface area contributed by atoms with Crippen LogP contribution in [0.3, 0.4) is 0 Å². The Kier molecular flexibility index (Phi) is 4.51. The molecule has 0 atom stereocenters. The standard InChI is InChI=1S/C11H12N4O2/c1-17-9-4-2-8(3-5-9)11(16)15-14-10(13)6-7-12/h2-5H,6H2,1H3,(H2,13,14)(H,15,16). The van der Waals surface area contributed by atoms with Crippen molar-refractivity contribution in [3.63, 3.8) is 0 Å². The van der Waals surface area contributed by atoms with Gasteiger partial charge in [0, 0.05) is 5.56 Å². The highest BCUT2D eigenvalue weighted by molar-refractivity contribution is 5.95. The molecule has 1 aromatic carbocycles. The SMILES string of the molecule is COc1ccc(C(=O)N/N=C(/N)CC#N)cc1. The van der Waals surface area contributed by atoms with Crippen molar-refractivity contribution in [3.8, 4) is 11.8 Å². The minimum absolute atomic E-state index is 0.0249. The number of hydrazone groups is 1. The van der Waals surface area contributed by atoms with Crippen molar-refractivity contribution in [2.24, 2.45) is 10.8 Å². The van der Waals surface area contributed by atoms with Gasteiger partial charge in [-0.05, 0) is 24.3 Å². The molecule has 0 aliphatic rings. The number of nitrogens with two attached hydrogens (primary N) is 1. The van der Waals surface area contributed by atoms with Crippen LogP contribution in [0.15, 0.2) is 29.4 Å². The number of carbonyl (C=O) groups excluding carboxylic acids is 1. The van der Waals surface area contributed by atoms with Gasteiger partial charge in [-0.2, -0.15) is 10.4 Å². The molecular formula is C11H12N4O2. The van der Waals surface area contributed by atoms with E-state index in [1.54, 1.807) is 31.4 Å². The number of ether oxygens (including phenoxy) is 1. The molecular weight excluding hydrogens is 220 g/mol. The maximum atomic E-state index is 11.6. The average molecular weight is 232 g/mol. The molecule has 0 saturated heterocycles. The largest absolute Gasteiger partial charge is 0.497 e. The van der Waals surface area contributed by atoms with Gasteiger partial charge in [-0.1, -0.05) is 0 Å². The highest BCUT2D eigenvalue weighted by Crippen LogP contribution is 2.10. The zero-order valence-corrected chi connectivity index (χ0v) is 9.30. The highest BCUT2D eigenvalue weighted by Gasteiger charge is 2.04. The zero-order chi connectivity index (χ0) is 12.7. The minimum atomic E-state index is -0.395. The van der Waals surface area contributed by atoms with Crippen LogP contribution >= 0.6 is 0 Å². The molecule has 1 amide bonds. The molecule has 0 heterocycles. The fraction of sp³-hybridized carbons (Fsp3) is 0.182. The Hall–Kier alpha value is -2.55. The van der Waals surface area contributed by atoms with E-state index in [9.17, 15) is 4.79 Å². The number of nitrogens with zero attached hydrogens (tertiary/aromatic N) is 2. The Balaban J connectivity index is 2.64. The Morgan fingerprint density at radius 3 is 2.71 bits per heavy atom. The van der Waals surface area contributed by atoms with E-state index < -0.39 is 5.91 Å². The second-order valence-electron chi connectivity index (χ2n) is 3.11. The van der Waals surface area contributed by atoms with E-state index in [2.05, 4.69) is 10.5 Å². The molecule has 6 heteroatoms. The molecule has 88 valence electrons. The van der Waals surface area contributed by atoms with Crippen molar-refractivity contribution >= 4 is 11.7 Å². The van der Waals surface area contributed by atoms with E-state index in [1.165, 1.54) is 0 Å². The summed E-state index contributed by atoms with van der Waals surface area (Å²) in [4.78, 5) is 11.6. The van der Waals surface area contributed by atoms with Crippen molar-refractivity contribution in [2.75, 3.05) is 7.11 Å². The van der Waals surface area contributed by atoms with Crippen LogP contribution in [0.25, 0.3) is 0 Å². The number of rotatable bonds is 4. The first-order valence-corrected chi connectivity index (χ1v) is 4.80. The van der Waals surface area contributed by atoms with Crippen LogP contribution in [0, 0.1) is 11.3 Å². The summed E-state index contributed by atoms with van der Waals surface area (Å²) in [5.41, 5.74) is 8.03. The van der Waals surface area contributed by atoms with Gasteiger partial charge in [0.05, 0.1) is 19.6 Å². The third-order valence-electron chi connectivity index (χ3n) is 1.91. The van der Waals surface area contributed by atoms with Crippen molar-refractivity contribution in [3.05, 3.63) is 29.8 Å². The van der Waals surface area contributed by atoms with Crippen LogP contribution in [0.2, 0.25) is 0 Å². The number of carbonyl (C=O) groups is 1. The van der Waals surface area contributed by atoms with Crippen molar-refractivity contribution in [1.82, 2.24) is 5.43 Å². The first kappa shape index (κ1) is 12.5. The molecule has 0 spiro atoms. The van der Waals surface area contributed by atoms with E-state index in [0.29, 0.717) is 11.3 Å². The van der Waals surface area contributed by atoms with Crippen LogP contribution < -0.4 is 15.9 Å². The maximum absolute atomic E-state index is 11.6. The summed E-state index contributed by atoms with van der Waals surface area (Å²) in [6, 6.07) is 8.35. The summed E-state index contributed by atoms with van der Waals surface area (Å²) in [5, 5.41) is 11.9. The number of hydrogen-bond donors (Lipinski definition) is 2. The minimum Gasteiger partial charge on any atom is -0.497 e. The summed E-state index contributed by atoms with van der Waals surface area (Å²) in [7, 11) is 1.54. The third-order valence-corrected chi connectivity index (χ3v) is 1.91. The third kappa shape index (κ3) is 3.83. The summed E-state index contributed by atoms with van der Waals surface area (Å²) in [6.07, 6.45) is -0.0249. The number of hydrogen-bond acceptors (Lipinski definition) is 4. The first-order chi connectivity index (χ1) is 8.17. The van der Waals surface area contributed by atoms with E-state index >= 15 is 0 Å². The predicted octanol–water partition coefficient (Wildman–Crippen LogP) is 0.611. The van der Waals surface area contributed by atoms with E-state index in [1.807, 2.05) is 6.07 Å². The van der Waals surface area contributed by atoms with E-state index in [4.69, 9.17) is 15.7 Å². The Morgan fingerprint density at radius 1 is 1.53 bits per heavy atom. The van der Waals surface area contributed by atoms with Gasteiger partial charge in [0.15, 0.2) is 0 Å². The number of benzene rings is 1. The lowest BCUT2D eigenvalue weighted by atomic mass is 10.2. The summed E-state index contributed by atoms with van der Waals surface area (Å²) < 4.78 is 4.96. The van der Waals surface area contributed by atoms with Gasteiger partial charge in [-0.25, -0.2) is 5.43 Å². The lowest BCUT2D eigenvalue weighted by Crippen LogP contribution is -2.22. The molecule has 0 bridgehead atoms. The van der Waals surface area contributed by atoms with Crippen LogP contribution in [-0.2, 0) is 0 Å². The van der Waals surface area contributed by atoms with Crippen LogP contribution in [0.5, 0.6) is 5.75 Å². The fourth-order valence-electron chi connectivity index (χ4n) is 1.05. The molecule has 0 aliphatic carbocycles. The number of nitrogens with one attached hydrogen (secondary N) is 1. The lowest BCUT2D eigenvalue weighted by Gasteiger charge is -2.02. The van der Waals surface area contributed by atoms with Crippen molar-refractivity contribution in [2.45, 2.75) is 6.42 Å². The Labute approximate surface area is 98.7 Å². The number of amides is 1. The predicted molar refractivity (Wildman–Crippen MR) is 62.3 cm³/mol. The summed E-state index contributed by atoms with van der Waals surface area (Å²) in [5.74, 6) is 0.331. The number of amidine groups is 1. The Bertz CT molecular complexity index is 459. The molecule has 0 saturated carbocycles. The molecule has 1 aromatic rings. The second kappa shape index (κ2) is 6.12. The van der Waals surface area contributed by atoms with Gasteiger partial charge in [-0.3, -0.25) is 4.79 Å². The first-order valence-electron chi connectivity index (χ1n) is 4.80. The van der Waals surface area contributed by atoms with Crippen molar-refractivity contribution in [1.29, 1.82) is 5.26 Å². The lowest BCUT2D eigenvalue weighted by molar-refractivity contribution is 0.0954. The van der Waals surface area contributed by atoms with Gasteiger partial charge in [0.2, 0.25) is 0 Å². The maximum Gasteiger partial charge on any atom is 0.271 e. The highest BCUT2D eigenvalue weighted by atomic mass is 16.5. The van der Waals surface area contributed by atoms with Gasteiger partial charge < -0.3 is 10.5 Å². The molecule has 3 N–H and O–H groups in total. The number of methoxy groups -OCH3 is 1. The molecule has 1 rings (SSSR count). The zero-order valence-electron chi connectivity index (χ0n) is 9.30. The Morgan fingerprint density at radius 2 is 2.18 bits per heavy atom. The average Bonchev–Trinajstić information content (AvgIpc) is 2.36. The molecule has 0 aromatic heterocycles. The summed E-state index contributed by atoms with van der Waals surface area (Å²) >= 11 is 0. The van der Waals surface area contributed by atoms with E-state index in [0.717, 1.165) is 0 Å². The fourth-order valence-corrected chi connectivity index (χ4v) is 1.05. The van der Waals surface area contributed by atoms with Gasteiger partial charge in [0.1, 0.15) is 11.6 Å². The van der Waals surface area contributed by atoms with E-state index in [-0.39, 0.29) is 12.3 Å². The van der Waals surface area contributed by atoms with Crippen LogP contribution in [-0.4, -0.2) is 18.9 Å². The molecule has 17 heavy (non-hydrogen) atoms. The topological polar surface area (TPSA) is 100 Å². The molecule has 0 radical (unpaired) electrons. The smallest absolute Gasteiger partial charge is 0.271 e. The second-order valence-corrected chi connectivity index (χ2v) is 3.11. The monoisotopic (exact) mass is 232 g/mol. The molecule has 6 nitrogen and oxygen atoms in total. The normalized spacial score (nSPS) is 10.5. The molecule has 0 fully saturated rings. The number of nitriles is 1. The summed E-state index contributed by atoms with van der Waals surface area (Å²) in [6.45, 7) is 0. The van der Waals surface area contributed by atoms with Crippen LogP contribution in [0.1, 0.15) is 16.8 Å². The van der Waals surface area contributed by atoms with Crippen LogP contribution in [0.4, 0.5) is 0 Å². The van der Waals surface area contributed by atoms with Gasteiger partial charge in [0.25, 0.3) is 5.91 Å². The van der Waals surface area contributed by atoms with Gasteiger partial charge >= 0.3 is 0 Å². The molecule has 0 aliphatic heterocycles. The molecule has 0 unspecified atom stereocenters.